The number of thiazole rings is 1. The molecule has 1 aliphatic rings. The van der Waals surface area contributed by atoms with Crippen LogP contribution < -0.4 is 5.73 Å². The molecule has 0 aromatic carbocycles. The van der Waals surface area contributed by atoms with Gasteiger partial charge in [0.05, 0.1) is 0 Å². The van der Waals surface area contributed by atoms with E-state index in [-0.39, 0.29) is 0 Å². The topological polar surface area (TPSA) is 69.6 Å². The smallest absolute Gasteiger partial charge is 0.268 e. The van der Waals surface area contributed by atoms with E-state index < -0.39 is 5.91 Å². The Bertz CT molecular complexity index is 554. The summed E-state index contributed by atoms with van der Waals surface area (Å²) in [4.78, 5) is 16.1. The predicted molar refractivity (Wildman–Crippen MR) is 64.4 cm³/mol. The quantitative estimate of drug-likeness (QED) is 0.876. The van der Waals surface area contributed by atoms with E-state index in [1.54, 1.807) is 17.5 Å². The van der Waals surface area contributed by atoms with E-state index in [4.69, 9.17) is 10.5 Å². The Morgan fingerprint density at radius 2 is 2.29 bits per heavy atom. The minimum atomic E-state index is -0.473. The molecule has 3 heterocycles. The minimum Gasteiger partial charge on any atom is -0.381 e. The lowest BCUT2D eigenvalue weighted by atomic mass is 9.97. The number of carbonyl (C=O) groups is 1. The van der Waals surface area contributed by atoms with Crippen LogP contribution in [-0.4, -0.2) is 28.5 Å². The van der Waals surface area contributed by atoms with Gasteiger partial charge in [-0.15, -0.1) is 11.3 Å². The van der Waals surface area contributed by atoms with Crippen molar-refractivity contribution in [2.75, 3.05) is 13.2 Å². The molecule has 90 valence electrons. The summed E-state index contributed by atoms with van der Waals surface area (Å²) in [6, 6.07) is 0. The molecule has 1 saturated heterocycles. The Hall–Kier alpha value is -1.40. The van der Waals surface area contributed by atoms with Crippen LogP contribution in [0.25, 0.3) is 4.96 Å². The molecule has 0 radical (unpaired) electrons. The third-order valence-corrected chi connectivity index (χ3v) is 3.99. The Morgan fingerprint density at radius 1 is 1.53 bits per heavy atom. The summed E-state index contributed by atoms with van der Waals surface area (Å²) >= 11 is 1.55. The van der Waals surface area contributed by atoms with Crippen molar-refractivity contribution in [2.24, 2.45) is 5.73 Å². The SMILES string of the molecule is NC(=O)c1cn2c(C3CCOCC3)csc2n1. The number of fused-ring (bicyclic) bond motifs is 1. The number of rotatable bonds is 2. The zero-order valence-electron chi connectivity index (χ0n) is 9.26. The fourth-order valence-electron chi connectivity index (χ4n) is 2.21. The molecule has 1 amide bonds. The van der Waals surface area contributed by atoms with Crippen LogP contribution in [0, 0.1) is 0 Å². The van der Waals surface area contributed by atoms with Crippen molar-refractivity contribution in [3.05, 3.63) is 23.0 Å². The molecule has 1 fully saturated rings. The van der Waals surface area contributed by atoms with Gasteiger partial charge in [-0.25, -0.2) is 4.98 Å². The van der Waals surface area contributed by atoms with Crippen molar-refractivity contribution in [3.63, 3.8) is 0 Å². The van der Waals surface area contributed by atoms with Crippen LogP contribution in [0.3, 0.4) is 0 Å². The lowest BCUT2D eigenvalue weighted by Gasteiger charge is -2.21. The van der Waals surface area contributed by atoms with Gasteiger partial charge >= 0.3 is 0 Å². The van der Waals surface area contributed by atoms with Crippen LogP contribution in [0.5, 0.6) is 0 Å². The molecule has 0 atom stereocenters. The second kappa shape index (κ2) is 4.12. The van der Waals surface area contributed by atoms with Crippen molar-refractivity contribution < 1.29 is 9.53 Å². The predicted octanol–water partition coefficient (Wildman–Crippen LogP) is 1.39. The second-order valence-corrected chi connectivity index (χ2v) is 5.03. The van der Waals surface area contributed by atoms with Gasteiger partial charge in [0, 0.05) is 36.4 Å². The number of ether oxygens (including phenoxy) is 1. The van der Waals surface area contributed by atoms with Crippen molar-refractivity contribution in [2.45, 2.75) is 18.8 Å². The van der Waals surface area contributed by atoms with Crippen LogP contribution in [0.4, 0.5) is 0 Å². The first-order chi connectivity index (χ1) is 8.25. The summed E-state index contributed by atoms with van der Waals surface area (Å²) in [5, 5.41) is 2.11. The normalized spacial score (nSPS) is 17.6. The number of primary amides is 1. The average molecular weight is 251 g/mol. The molecule has 2 aromatic rings. The maximum Gasteiger partial charge on any atom is 0.268 e. The van der Waals surface area contributed by atoms with Crippen molar-refractivity contribution >= 4 is 22.2 Å². The van der Waals surface area contributed by atoms with Crippen LogP contribution in [0.1, 0.15) is 34.9 Å². The van der Waals surface area contributed by atoms with Gasteiger partial charge in [0.25, 0.3) is 5.91 Å². The molecule has 0 bridgehead atoms. The van der Waals surface area contributed by atoms with E-state index in [1.807, 2.05) is 4.40 Å². The van der Waals surface area contributed by atoms with Gasteiger partial charge < -0.3 is 10.5 Å². The summed E-state index contributed by atoms with van der Waals surface area (Å²) in [5.74, 6) is 0.0197. The van der Waals surface area contributed by atoms with E-state index in [2.05, 4.69) is 10.4 Å². The van der Waals surface area contributed by atoms with Crippen LogP contribution in [-0.2, 0) is 4.74 Å². The van der Waals surface area contributed by atoms with Gasteiger partial charge in [-0.2, -0.15) is 0 Å². The minimum absolute atomic E-state index is 0.338. The molecule has 1 aliphatic heterocycles. The molecule has 0 saturated carbocycles. The Balaban J connectivity index is 2.00. The molecular weight excluding hydrogens is 238 g/mol. The standard InChI is InChI=1S/C11H13N3O2S/c12-10(15)8-5-14-9(6-17-11(14)13-8)7-1-3-16-4-2-7/h5-7H,1-4H2,(H2,12,15). The van der Waals surface area contributed by atoms with Crippen molar-refractivity contribution in [3.8, 4) is 0 Å². The largest absolute Gasteiger partial charge is 0.381 e. The first-order valence-corrected chi connectivity index (χ1v) is 6.47. The second-order valence-electron chi connectivity index (χ2n) is 4.19. The number of imidazole rings is 1. The fraction of sp³-hybridized carbons (Fsp3) is 0.455. The van der Waals surface area contributed by atoms with Gasteiger partial charge in [-0.1, -0.05) is 0 Å². The lowest BCUT2D eigenvalue weighted by molar-refractivity contribution is 0.0844. The number of carbonyl (C=O) groups excluding carboxylic acids is 1. The fourth-order valence-corrected chi connectivity index (χ4v) is 3.16. The van der Waals surface area contributed by atoms with E-state index in [0.717, 1.165) is 31.0 Å². The first kappa shape index (κ1) is 10.7. The summed E-state index contributed by atoms with van der Waals surface area (Å²) in [6.07, 6.45) is 3.78. The van der Waals surface area contributed by atoms with Gasteiger partial charge in [-0.05, 0) is 12.8 Å². The zero-order chi connectivity index (χ0) is 11.8. The van der Waals surface area contributed by atoms with Gasteiger partial charge in [0.2, 0.25) is 0 Å². The molecule has 2 aromatic heterocycles. The molecule has 0 spiro atoms. The highest BCUT2D eigenvalue weighted by Gasteiger charge is 2.21. The van der Waals surface area contributed by atoms with E-state index in [9.17, 15) is 4.79 Å². The first-order valence-electron chi connectivity index (χ1n) is 5.60. The number of amides is 1. The Kier molecular flexibility index (Phi) is 2.60. The molecule has 17 heavy (non-hydrogen) atoms. The zero-order valence-corrected chi connectivity index (χ0v) is 10.1. The van der Waals surface area contributed by atoms with Gasteiger partial charge in [-0.3, -0.25) is 9.20 Å². The highest BCUT2D eigenvalue weighted by molar-refractivity contribution is 7.15. The Morgan fingerprint density at radius 3 is 3.00 bits per heavy atom. The van der Waals surface area contributed by atoms with E-state index >= 15 is 0 Å². The maximum absolute atomic E-state index is 11.1. The highest BCUT2D eigenvalue weighted by Crippen LogP contribution is 2.30. The molecule has 0 aliphatic carbocycles. The molecule has 0 unspecified atom stereocenters. The van der Waals surface area contributed by atoms with E-state index in [1.165, 1.54) is 5.69 Å². The maximum atomic E-state index is 11.1. The molecule has 2 N–H and O–H groups in total. The lowest BCUT2D eigenvalue weighted by Crippen LogP contribution is -2.15. The summed E-state index contributed by atoms with van der Waals surface area (Å²) in [7, 11) is 0. The number of nitrogens with two attached hydrogens (primary N) is 1. The summed E-state index contributed by atoms with van der Waals surface area (Å²) in [5.41, 5.74) is 6.79. The monoisotopic (exact) mass is 251 g/mol. The number of hydrogen-bond acceptors (Lipinski definition) is 4. The molecular formula is C11H13N3O2S. The van der Waals surface area contributed by atoms with Crippen LogP contribution >= 0.6 is 11.3 Å². The average Bonchev–Trinajstić information content (AvgIpc) is 2.89. The number of nitrogens with zero attached hydrogens (tertiary/aromatic N) is 2. The van der Waals surface area contributed by atoms with E-state index in [0.29, 0.717) is 11.6 Å². The number of hydrogen-bond donors (Lipinski definition) is 1. The van der Waals surface area contributed by atoms with Crippen molar-refractivity contribution in [1.29, 1.82) is 0 Å². The highest BCUT2D eigenvalue weighted by atomic mass is 32.1. The number of aromatic nitrogens is 2. The van der Waals surface area contributed by atoms with Gasteiger partial charge in [0.1, 0.15) is 5.69 Å². The van der Waals surface area contributed by atoms with Crippen LogP contribution in [0.15, 0.2) is 11.6 Å². The van der Waals surface area contributed by atoms with Crippen molar-refractivity contribution in [1.82, 2.24) is 9.38 Å². The molecule has 6 heteroatoms. The molecule has 3 rings (SSSR count). The third-order valence-electron chi connectivity index (χ3n) is 3.13. The Labute approximate surface area is 102 Å². The van der Waals surface area contributed by atoms with Gasteiger partial charge in [0.15, 0.2) is 4.96 Å². The third kappa shape index (κ3) is 1.83. The summed E-state index contributed by atoms with van der Waals surface area (Å²) in [6.45, 7) is 1.61. The summed E-state index contributed by atoms with van der Waals surface area (Å²) < 4.78 is 7.34. The molecule has 5 nitrogen and oxygen atoms in total. The van der Waals surface area contributed by atoms with Crippen LogP contribution in [0.2, 0.25) is 0 Å².